The number of rotatable bonds is 10. The highest BCUT2D eigenvalue weighted by Crippen LogP contribution is 2.11. The fourth-order valence-corrected chi connectivity index (χ4v) is 2.29. The lowest BCUT2D eigenvalue weighted by Crippen LogP contribution is -2.36. The topological polar surface area (TPSA) is 88.7 Å². The van der Waals surface area contributed by atoms with Crippen molar-refractivity contribution in [1.29, 1.82) is 0 Å². The van der Waals surface area contributed by atoms with Gasteiger partial charge in [-0.05, 0) is 29.8 Å². The lowest BCUT2D eigenvalue weighted by Gasteiger charge is -2.10. The standard InChI is InChI=1S/C20H25N3O4/c1-26-12-13-27-15-16-6-5-9-18(14-16)23-20(25)22-11-10-21-19(24)17-7-3-2-4-8-17/h2-9,14H,10-13,15H2,1H3,(H,21,24)(H2,22,23,25). The first-order valence-corrected chi connectivity index (χ1v) is 8.73. The third-order valence-corrected chi connectivity index (χ3v) is 3.62. The minimum Gasteiger partial charge on any atom is -0.382 e. The van der Waals surface area contributed by atoms with Gasteiger partial charge in [0, 0.05) is 31.5 Å². The Labute approximate surface area is 159 Å². The molecule has 0 aliphatic carbocycles. The average Bonchev–Trinajstić information content (AvgIpc) is 2.69. The summed E-state index contributed by atoms with van der Waals surface area (Å²) in [5.74, 6) is -0.168. The Morgan fingerprint density at radius 3 is 2.48 bits per heavy atom. The maximum Gasteiger partial charge on any atom is 0.319 e. The molecule has 0 radical (unpaired) electrons. The number of benzene rings is 2. The number of urea groups is 1. The molecule has 0 bridgehead atoms. The zero-order chi connectivity index (χ0) is 19.3. The van der Waals surface area contributed by atoms with Crippen molar-refractivity contribution in [2.24, 2.45) is 0 Å². The van der Waals surface area contributed by atoms with E-state index in [0.717, 1.165) is 5.56 Å². The Morgan fingerprint density at radius 1 is 0.926 bits per heavy atom. The molecule has 2 aromatic rings. The molecule has 27 heavy (non-hydrogen) atoms. The predicted octanol–water partition coefficient (Wildman–Crippen LogP) is 2.40. The predicted molar refractivity (Wildman–Crippen MR) is 104 cm³/mol. The lowest BCUT2D eigenvalue weighted by molar-refractivity contribution is 0.0617. The maximum atomic E-state index is 12.0. The fraction of sp³-hybridized carbons (Fsp3) is 0.300. The number of hydrogen-bond donors (Lipinski definition) is 3. The molecule has 0 unspecified atom stereocenters. The number of ether oxygens (including phenoxy) is 2. The van der Waals surface area contributed by atoms with E-state index in [2.05, 4.69) is 16.0 Å². The molecule has 144 valence electrons. The summed E-state index contributed by atoms with van der Waals surface area (Å²) >= 11 is 0. The maximum absolute atomic E-state index is 12.0. The molecule has 0 aliphatic rings. The van der Waals surface area contributed by atoms with Crippen molar-refractivity contribution < 1.29 is 19.1 Å². The molecule has 3 amide bonds. The first kappa shape index (κ1) is 20.4. The van der Waals surface area contributed by atoms with Crippen molar-refractivity contribution in [1.82, 2.24) is 10.6 Å². The highest BCUT2D eigenvalue weighted by atomic mass is 16.5. The van der Waals surface area contributed by atoms with E-state index >= 15 is 0 Å². The van der Waals surface area contributed by atoms with Crippen molar-refractivity contribution in [3.8, 4) is 0 Å². The molecule has 0 spiro atoms. The number of methoxy groups -OCH3 is 1. The van der Waals surface area contributed by atoms with Gasteiger partial charge in [-0.1, -0.05) is 30.3 Å². The summed E-state index contributed by atoms with van der Waals surface area (Å²) in [5.41, 5.74) is 2.22. The van der Waals surface area contributed by atoms with Crippen LogP contribution in [0, 0.1) is 0 Å². The number of amides is 3. The number of carbonyl (C=O) groups is 2. The van der Waals surface area contributed by atoms with Gasteiger partial charge < -0.3 is 25.4 Å². The van der Waals surface area contributed by atoms with Crippen LogP contribution in [0.4, 0.5) is 10.5 Å². The Bertz CT molecular complexity index is 722. The second-order valence-electron chi connectivity index (χ2n) is 5.75. The molecule has 7 heteroatoms. The van der Waals surface area contributed by atoms with E-state index < -0.39 is 0 Å². The summed E-state index contributed by atoms with van der Waals surface area (Å²) in [6.07, 6.45) is 0. The molecule has 0 aliphatic heterocycles. The summed E-state index contributed by atoms with van der Waals surface area (Å²) in [7, 11) is 1.62. The molecular formula is C20H25N3O4. The molecule has 0 saturated carbocycles. The second kappa shape index (κ2) is 11.7. The molecule has 2 rings (SSSR count). The Morgan fingerprint density at radius 2 is 1.70 bits per heavy atom. The Hall–Kier alpha value is -2.90. The van der Waals surface area contributed by atoms with Gasteiger partial charge in [0.2, 0.25) is 0 Å². The van der Waals surface area contributed by atoms with Crippen LogP contribution in [0.3, 0.4) is 0 Å². The zero-order valence-electron chi connectivity index (χ0n) is 15.4. The largest absolute Gasteiger partial charge is 0.382 e. The van der Waals surface area contributed by atoms with Gasteiger partial charge in [-0.2, -0.15) is 0 Å². The first-order valence-electron chi connectivity index (χ1n) is 8.73. The number of nitrogens with one attached hydrogen (secondary N) is 3. The van der Waals surface area contributed by atoms with Crippen LogP contribution in [0.2, 0.25) is 0 Å². The van der Waals surface area contributed by atoms with Crippen LogP contribution in [-0.2, 0) is 16.1 Å². The smallest absolute Gasteiger partial charge is 0.319 e. The van der Waals surface area contributed by atoms with Crippen molar-refractivity contribution in [2.45, 2.75) is 6.61 Å². The van der Waals surface area contributed by atoms with Gasteiger partial charge >= 0.3 is 6.03 Å². The summed E-state index contributed by atoms with van der Waals surface area (Å²) in [6.45, 7) is 2.18. The number of hydrogen-bond acceptors (Lipinski definition) is 4. The molecular weight excluding hydrogens is 346 g/mol. The van der Waals surface area contributed by atoms with Crippen LogP contribution in [0.25, 0.3) is 0 Å². The van der Waals surface area contributed by atoms with Gasteiger partial charge in [0.05, 0.1) is 19.8 Å². The summed E-state index contributed by atoms with van der Waals surface area (Å²) in [4.78, 5) is 23.8. The van der Waals surface area contributed by atoms with E-state index in [9.17, 15) is 9.59 Å². The van der Waals surface area contributed by atoms with Crippen molar-refractivity contribution in [2.75, 3.05) is 38.7 Å². The van der Waals surface area contributed by atoms with Crippen LogP contribution in [0.15, 0.2) is 54.6 Å². The van der Waals surface area contributed by atoms with Crippen LogP contribution in [0.1, 0.15) is 15.9 Å². The highest BCUT2D eigenvalue weighted by Gasteiger charge is 2.05. The Kier molecular flexibility index (Phi) is 8.82. The average molecular weight is 371 g/mol. The summed E-state index contributed by atoms with van der Waals surface area (Å²) < 4.78 is 10.4. The van der Waals surface area contributed by atoms with Gasteiger partial charge in [0.25, 0.3) is 5.91 Å². The SMILES string of the molecule is COCCOCc1cccc(NC(=O)NCCNC(=O)c2ccccc2)c1. The van der Waals surface area contributed by atoms with Gasteiger partial charge in [0.1, 0.15) is 0 Å². The van der Waals surface area contributed by atoms with Gasteiger partial charge in [-0.3, -0.25) is 4.79 Å². The summed E-state index contributed by atoms with van der Waals surface area (Å²) in [6, 6.07) is 16.0. The minimum atomic E-state index is -0.332. The third-order valence-electron chi connectivity index (χ3n) is 3.62. The third kappa shape index (κ3) is 7.89. The van der Waals surface area contributed by atoms with Gasteiger partial charge in [-0.25, -0.2) is 4.79 Å². The van der Waals surface area contributed by atoms with E-state index in [1.165, 1.54) is 0 Å². The van der Waals surface area contributed by atoms with Gasteiger partial charge in [-0.15, -0.1) is 0 Å². The van der Waals surface area contributed by atoms with Crippen LogP contribution < -0.4 is 16.0 Å². The summed E-state index contributed by atoms with van der Waals surface area (Å²) in [5, 5.41) is 8.22. The zero-order valence-corrected chi connectivity index (χ0v) is 15.4. The van der Waals surface area contributed by atoms with Crippen molar-refractivity contribution in [3.05, 3.63) is 65.7 Å². The second-order valence-corrected chi connectivity index (χ2v) is 5.75. The molecule has 0 saturated heterocycles. The number of anilines is 1. The van der Waals surface area contributed by atoms with E-state index in [4.69, 9.17) is 9.47 Å². The minimum absolute atomic E-state index is 0.168. The van der Waals surface area contributed by atoms with Crippen LogP contribution >= 0.6 is 0 Å². The lowest BCUT2D eigenvalue weighted by atomic mass is 10.2. The number of carbonyl (C=O) groups excluding carboxylic acids is 2. The van der Waals surface area contributed by atoms with Crippen molar-refractivity contribution >= 4 is 17.6 Å². The Balaban J connectivity index is 1.67. The first-order chi connectivity index (χ1) is 13.2. The molecule has 0 atom stereocenters. The van der Waals surface area contributed by atoms with E-state index in [1.807, 2.05) is 24.3 Å². The molecule has 0 fully saturated rings. The molecule has 0 aromatic heterocycles. The van der Waals surface area contributed by atoms with Crippen LogP contribution in [0.5, 0.6) is 0 Å². The van der Waals surface area contributed by atoms with Crippen molar-refractivity contribution in [3.63, 3.8) is 0 Å². The normalized spacial score (nSPS) is 10.3. The van der Waals surface area contributed by atoms with E-state index in [0.29, 0.717) is 44.2 Å². The fourth-order valence-electron chi connectivity index (χ4n) is 2.29. The highest BCUT2D eigenvalue weighted by molar-refractivity contribution is 5.94. The van der Waals surface area contributed by atoms with E-state index in [1.54, 1.807) is 37.4 Å². The van der Waals surface area contributed by atoms with Crippen LogP contribution in [-0.4, -0.2) is 45.4 Å². The quantitative estimate of drug-likeness (QED) is 0.560. The molecule has 7 nitrogen and oxygen atoms in total. The molecule has 3 N–H and O–H groups in total. The monoisotopic (exact) mass is 371 g/mol. The molecule has 2 aromatic carbocycles. The van der Waals surface area contributed by atoms with Gasteiger partial charge in [0.15, 0.2) is 0 Å². The van der Waals surface area contributed by atoms with E-state index in [-0.39, 0.29) is 11.9 Å². The molecule has 0 heterocycles.